The van der Waals surface area contributed by atoms with Crippen molar-refractivity contribution in [2.45, 2.75) is 0 Å². The quantitative estimate of drug-likeness (QED) is 0.308. The van der Waals surface area contributed by atoms with Crippen LogP contribution in [0.3, 0.4) is 0 Å². The molecule has 0 bridgehead atoms. The van der Waals surface area contributed by atoms with Gasteiger partial charge in [0.05, 0.1) is 0 Å². The Morgan fingerprint density at radius 1 is 0.750 bits per heavy atom. The summed E-state index contributed by atoms with van der Waals surface area (Å²) in [6.07, 6.45) is 0. The fourth-order valence-electron chi connectivity index (χ4n) is 0. The van der Waals surface area contributed by atoms with E-state index in [9.17, 15) is 0 Å². The topological polar surface area (TPSA) is 0 Å². The van der Waals surface area contributed by atoms with Crippen LogP contribution in [0.1, 0.15) is 0 Å². The molecular weight excluding hydrogens is 525 g/mol. The first-order valence-corrected chi connectivity index (χ1v) is 0. The van der Waals surface area contributed by atoms with E-state index in [-0.39, 0.29) is 90.6 Å². The van der Waals surface area contributed by atoms with Crippen molar-refractivity contribution in [1.82, 2.24) is 0 Å². The van der Waals surface area contributed by atoms with Gasteiger partial charge in [0.15, 0.2) is 0 Å². The number of hydrogen-bond acceptors (Lipinski definition) is 0. The maximum atomic E-state index is 0. The van der Waals surface area contributed by atoms with Crippen molar-refractivity contribution in [1.29, 1.82) is 0 Å². The van der Waals surface area contributed by atoms with Crippen molar-refractivity contribution in [3.8, 4) is 0 Å². The molecule has 0 aromatic rings. The van der Waals surface area contributed by atoms with E-state index in [2.05, 4.69) is 0 Å². The minimum absolute atomic E-state index is 0. The Morgan fingerprint density at radius 2 is 0.750 bits per heavy atom. The van der Waals surface area contributed by atoms with Crippen molar-refractivity contribution in [3.05, 3.63) is 0 Å². The summed E-state index contributed by atoms with van der Waals surface area (Å²) in [6.45, 7) is 0. The van der Waals surface area contributed by atoms with E-state index in [4.69, 9.17) is 0 Å². The molecule has 0 atom stereocenters. The van der Waals surface area contributed by atoms with Crippen LogP contribution >= 0.6 is 0 Å². The molecular formula is H6Bi2NiTi. The van der Waals surface area contributed by atoms with Gasteiger partial charge in [-0.2, -0.15) is 0 Å². The Hall–Kier alpha value is 2.97. The van der Waals surface area contributed by atoms with E-state index in [0.717, 1.165) is 0 Å². The van der Waals surface area contributed by atoms with Gasteiger partial charge in [0, 0.05) is 38.2 Å². The summed E-state index contributed by atoms with van der Waals surface area (Å²) in [7, 11) is 0. The third kappa shape index (κ3) is 8.88. The van der Waals surface area contributed by atoms with Gasteiger partial charge in [-0.15, -0.1) is 0 Å². The largest absolute Gasteiger partial charge is 0 e. The second kappa shape index (κ2) is 16.7. The van der Waals surface area contributed by atoms with Gasteiger partial charge in [-0.3, -0.25) is 0 Å². The molecule has 0 aliphatic rings. The monoisotopic (exact) mass is 530 g/mol. The van der Waals surface area contributed by atoms with Gasteiger partial charge in [0.2, 0.25) is 0 Å². The van der Waals surface area contributed by atoms with Crippen LogP contribution in [-0.4, -0.2) is 52.4 Å². The second-order valence-corrected chi connectivity index (χ2v) is 0. The number of rotatable bonds is 0. The average Bonchev–Trinajstić information content (AvgIpc) is 0. The summed E-state index contributed by atoms with van der Waals surface area (Å²) >= 11 is 0. The molecule has 0 saturated heterocycles. The van der Waals surface area contributed by atoms with E-state index in [1.807, 2.05) is 0 Å². The van der Waals surface area contributed by atoms with Crippen molar-refractivity contribution < 1.29 is 38.2 Å². The molecule has 0 aliphatic heterocycles. The molecule has 0 fully saturated rings. The van der Waals surface area contributed by atoms with E-state index in [0.29, 0.717) is 0 Å². The third-order valence-electron chi connectivity index (χ3n) is 0. The fraction of sp³-hybridized carbons (Fsp3) is 0. The van der Waals surface area contributed by atoms with Crippen LogP contribution in [-0.2, 0) is 38.2 Å². The zero-order valence-electron chi connectivity index (χ0n) is 2.23. The smallest absolute Gasteiger partial charge is 0 e. The predicted molar refractivity (Wildman–Crippen MR) is 19.9 cm³/mol. The normalized spacial score (nSPS) is 0. The zero-order chi connectivity index (χ0) is 0. The Morgan fingerprint density at radius 3 is 0.750 bits per heavy atom. The Kier molecular flexibility index (Phi) is 118. The minimum Gasteiger partial charge on any atom is 0 e. The molecule has 30 valence electrons. The van der Waals surface area contributed by atoms with Gasteiger partial charge in [0.25, 0.3) is 0 Å². The first-order chi connectivity index (χ1) is 0. The first kappa shape index (κ1) is 28.1. The molecule has 0 aliphatic carbocycles. The predicted octanol–water partition coefficient (Wildman–Crippen LogP) is -2.37. The summed E-state index contributed by atoms with van der Waals surface area (Å²) in [4.78, 5) is 0. The van der Waals surface area contributed by atoms with Gasteiger partial charge >= 0.3 is 52.4 Å². The zero-order valence-corrected chi connectivity index (χ0v) is 15.8. The van der Waals surface area contributed by atoms with E-state index in [1.54, 1.807) is 0 Å². The van der Waals surface area contributed by atoms with Crippen LogP contribution in [0.4, 0.5) is 0 Å². The summed E-state index contributed by atoms with van der Waals surface area (Å²) in [6, 6.07) is 0. The molecule has 0 saturated carbocycles. The average molecular weight is 531 g/mol. The standard InChI is InChI=1S/2Bi.Ni.Ti.6H. The molecule has 0 radical (unpaired) electrons. The first-order valence-electron chi connectivity index (χ1n) is 0. The van der Waals surface area contributed by atoms with Crippen molar-refractivity contribution in [2.75, 3.05) is 0 Å². The Balaban J connectivity index is 0. The van der Waals surface area contributed by atoms with Gasteiger partial charge in [-0.25, -0.2) is 0 Å². The van der Waals surface area contributed by atoms with Crippen LogP contribution in [0.25, 0.3) is 0 Å². The van der Waals surface area contributed by atoms with E-state index >= 15 is 0 Å². The van der Waals surface area contributed by atoms with Gasteiger partial charge in [-0.05, 0) is 0 Å². The second-order valence-electron chi connectivity index (χ2n) is 0. The van der Waals surface area contributed by atoms with Crippen molar-refractivity contribution in [2.24, 2.45) is 0 Å². The molecule has 4 heteroatoms. The van der Waals surface area contributed by atoms with Crippen LogP contribution in [0.5, 0.6) is 0 Å². The SMILES string of the molecule is [BiH3].[BiH3].[Ni].[Ti]. The third-order valence-corrected chi connectivity index (χ3v) is 0. The summed E-state index contributed by atoms with van der Waals surface area (Å²) < 4.78 is 0. The molecule has 0 rings (SSSR count). The molecule has 0 amide bonds. The maximum absolute atomic E-state index is 0. The molecule has 0 unspecified atom stereocenters. The van der Waals surface area contributed by atoms with Gasteiger partial charge in [-0.1, -0.05) is 0 Å². The minimum atomic E-state index is 0. The summed E-state index contributed by atoms with van der Waals surface area (Å²) in [5.74, 6) is 0. The van der Waals surface area contributed by atoms with Crippen LogP contribution in [0, 0.1) is 0 Å². The van der Waals surface area contributed by atoms with Crippen LogP contribution < -0.4 is 0 Å². The summed E-state index contributed by atoms with van der Waals surface area (Å²) in [5.41, 5.74) is 0. The van der Waals surface area contributed by atoms with Gasteiger partial charge < -0.3 is 0 Å². The molecule has 0 heterocycles. The molecule has 0 aromatic heterocycles. The Bertz CT molecular complexity index is 6.00. The van der Waals surface area contributed by atoms with Crippen LogP contribution in [0.2, 0.25) is 0 Å². The van der Waals surface area contributed by atoms with E-state index < -0.39 is 0 Å². The molecule has 0 N–H and O–H groups in total. The summed E-state index contributed by atoms with van der Waals surface area (Å²) in [5, 5.41) is 0. The van der Waals surface area contributed by atoms with Crippen molar-refractivity contribution in [3.63, 3.8) is 0 Å². The molecule has 0 spiro atoms. The molecule has 0 aromatic carbocycles. The fourth-order valence-corrected chi connectivity index (χ4v) is 0. The molecule has 0 nitrogen and oxygen atoms in total. The van der Waals surface area contributed by atoms with Crippen LogP contribution in [0.15, 0.2) is 0 Å². The molecule has 4 heavy (non-hydrogen) atoms. The maximum Gasteiger partial charge on any atom is 0 e. The van der Waals surface area contributed by atoms with Crippen molar-refractivity contribution >= 4 is 52.4 Å². The Labute approximate surface area is 88.9 Å². The van der Waals surface area contributed by atoms with E-state index in [1.165, 1.54) is 0 Å². The number of hydrogen-bond donors (Lipinski definition) is 0. The van der Waals surface area contributed by atoms with Gasteiger partial charge in [0.1, 0.15) is 0 Å².